The summed E-state index contributed by atoms with van der Waals surface area (Å²) in [6.45, 7) is 2.02. The zero-order valence-electron chi connectivity index (χ0n) is 30.9. The molecule has 0 aromatic rings. The van der Waals surface area contributed by atoms with Crippen molar-refractivity contribution < 1.29 is 97.9 Å². The smallest absolute Gasteiger partial charge is 0.217 e. The predicted octanol–water partition coefficient (Wildman–Crippen LogP) is -8.13. The van der Waals surface area contributed by atoms with Gasteiger partial charge in [0, 0.05) is 27.7 Å². The van der Waals surface area contributed by atoms with Crippen molar-refractivity contribution in [2.24, 2.45) is 0 Å². The van der Waals surface area contributed by atoms with E-state index in [1.54, 1.807) is 0 Å². The lowest BCUT2D eigenvalue weighted by Gasteiger charge is -2.47. The Labute approximate surface area is 319 Å². The molecule has 0 radical (unpaired) electrons. The first-order chi connectivity index (χ1) is 26.4. The van der Waals surface area contributed by atoms with Gasteiger partial charge in [0.2, 0.25) is 23.6 Å². The summed E-state index contributed by atoms with van der Waals surface area (Å²) in [4.78, 5) is 48.4. The van der Waals surface area contributed by atoms with Gasteiger partial charge in [0.1, 0.15) is 97.4 Å². The van der Waals surface area contributed by atoms with Gasteiger partial charge in [0.25, 0.3) is 0 Å². The molecule has 5 aliphatic heterocycles. The lowest BCUT2D eigenvalue weighted by atomic mass is 9.95. The van der Waals surface area contributed by atoms with E-state index < -0.39 is 173 Å². The van der Waals surface area contributed by atoms with Gasteiger partial charge < -0.3 is 100 Å². The molecular formula is C32H52N4O20. The van der Waals surface area contributed by atoms with Crippen LogP contribution in [0.15, 0.2) is 0 Å². The maximum absolute atomic E-state index is 12.1. The molecule has 20 atom stereocenters. The Kier molecular flexibility index (Phi) is 14.9. The third kappa shape index (κ3) is 10.1. The second-order valence-electron chi connectivity index (χ2n) is 14.3. The Morgan fingerprint density at radius 1 is 0.357 bits per heavy atom. The van der Waals surface area contributed by atoms with E-state index in [0.29, 0.717) is 0 Å². The standard InChI is InChI=1S/C32H52N4O20/c1-9(37)33-17-25(45)21(41)13-6-50-30-19(35-11(3)39)27(47)23(43)15(55-30)8-52-32-20(36-12(4)40)28(48)24(44)16(56-32)7-51-31-18(34-10(2)38)26(46)22(42)14(54-31)5-49-29(17)53-13/h13-32,41-48H,5-8H2,1-4H3,(H,33,37)(H,34,38)(H,35,39)(H,36,40)/t13-,14-,15-,16-,17-,18-,19-,20-,21-,22-,23-,24-,25-,26-,27-,28-,29-,30-,31-,32-/m1/s1. The number of rotatable bonds is 4. The summed E-state index contributed by atoms with van der Waals surface area (Å²) >= 11 is 0. The van der Waals surface area contributed by atoms with Crippen molar-refractivity contribution in [1.29, 1.82) is 0 Å². The minimum Gasteiger partial charge on any atom is -0.388 e. The maximum atomic E-state index is 12.1. The second-order valence-corrected chi connectivity index (χ2v) is 14.3. The molecule has 320 valence electrons. The Morgan fingerprint density at radius 3 is 0.696 bits per heavy atom. The maximum Gasteiger partial charge on any atom is 0.217 e. The first-order valence-corrected chi connectivity index (χ1v) is 18.0. The first kappa shape index (κ1) is 44.3. The molecule has 0 spiro atoms. The third-order valence-corrected chi connectivity index (χ3v) is 9.98. The van der Waals surface area contributed by atoms with E-state index in [-0.39, 0.29) is 0 Å². The summed E-state index contributed by atoms with van der Waals surface area (Å²) in [5, 5.41) is 98.2. The molecule has 5 rings (SSSR count). The largest absolute Gasteiger partial charge is 0.388 e. The van der Waals surface area contributed by atoms with E-state index in [9.17, 15) is 60.0 Å². The van der Waals surface area contributed by atoms with Gasteiger partial charge >= 0.3 is 0 Å². The summed E-state index contributed by atoms with van der Waals surface area (Å²) in [7, 11) is 0. The summed E-state index contributed by atoms with van der Waals surface area (Å²) in [6.07, 6.45) is -26.1. The third-order valence-electron chi connectivity index (χ3n) is 9.98. The van der Waals surface area contributed by atoms with Crippen LogP contribution in [0.4, 0.5) is 0 Å². The molecule has 0 aromatic heterocycles. The predicted molar refractivity (Wildman–Crippen MR) is 177 cm³/mol. The van der Waals surface area contributed by atoms with Gasteiger partial charge in [-0.15, -0.1) is 0 Å². The fraction of sp³-hybridized carbons (Fsp3) is 0.875. The van der Waals surface area contributed by atoms with Crippen molar-refractivity contribution in [3.63, 3.8) is 0 Å². The molecule has 12 N–H and O–H groups in total. The Balaban J connectivity index is 1.50. The molecular weight excluding hydrogens is 760 g/mol. The molecule has 0 unspecified atom stereocenters. The molecule has 24 nitrogen and oxygen atoms in total. The summed E-state index contributed by atoms with van der Waals surface area (Å²) in [5.41, 5.74) is 0. The van der Waals surface area contributed by atoms with Gasteiger partial charge in [-0.1, -0.05) is 0 Å². The van der Waals surface area contributed by atoms with E-state index in [0.717, 1.165) is 27.7 Å². The number of aliphatic hydroxyl groups is 8. The number of ether oxygens (including phenoxy) is 8. The molecule has 8 bridgehead atoms. The van der Waals surface area contributed by atoms with E-state index in [4.69, 9.17) is 37.9 Å². The quantitative estimate of drug-likeness (QED) is 0.125. The number of carbonyl (C=O) groups is 4. The van der Waals surface area contributed by atoms with Crippen molar-refractivity contribution in [3.05, 3.63) is 0 Å². The van der Waals surface area contributed by atoms with Crippen molar-refractivity contribution >= 4 is 23.6 Å². The minimum absolute atomic E-state index is 0.625. The molecule has 5 fully saturated rings. The molecule has 5 aliphatic rings. The highest BCUT2D eigenvalue weighted by Gasteiger charge is 2.53. The molecule has 5 heterocycles. The Bertz CT molecular complexity index is 1180. The zero-order valence-corrected chi connectivity index (χ0v) is 30.9. The number of hydrogen-bond acceptors (Lipinski definition) is 20. The molecule has 0 aliphatic carbocycles. The normalized spacial score (nSPS) is 46.4. The zero-order chi connectivity index (χ0) is 41.2. The number of carbonyl (C=O) groups excluding carboxylic acids is 4. The molecule has 0 aromatic carbocycles. The van der Waals surface area contributed by atoms with E-state index in [2.05, 4.69) is 21.3 Å². The van der Waals surface area contributed by atoms with Crippen molar-refractivity contribution in [3.8, 4) is 0 Å². The molecule has 5 saturated heterocycles. The first-order valence-electron chi connectivity index (χ1n) is 18.0. The number of amides is 4. The van der Waals surface area contributed by atoms with Crippen LogP contribution < -0.4 is 21.3 Å². The minimum atomic E-state index is -1.75. The van der Waals surface area contributed by atoms with Gasteiger partial charge in [0.15, 0.2) is 25.2 Å². The lowest BCUT2D eigenvalue weighted by Crippen LogP contribution is -2.68. The van der Waals surface area contributed by atoms with Gasteiger partial charge in [-0.3, -0.25) is 19.2 Å². The van der Waals surface area contributed by atoms with Crippen molar-refractivity contribution in [2.75, 3.05) is 26.4 Å². The van der Waals surface area contributed by atoms with Crippen LogP contribution in [-0.4, -0.2) is 213 Å². The SMILES string of the molecule is CC(=O)N[C@H]1[C@@H]2OC[C@H]3O[C@@H](OC[C@H]4O[C@@H](OC[C@H]5O[C@@H](OC[C@@H](O2)[C@@H](O)[C@@H]1O)[C@H](NC(C)=O)[C@@H](O)[C@@H]5O)[C@H](NC(C)=O)[C@@H](O)[C@@H]4O)[C@H](NC(C)=O)[C@@H](O)[C@@H]3O. The molecule has 24 heteroatoms. The van der Waals surface area contributed by atoms with Crippen LogP contribution in [0.25, 0.3) is 0 Å². The second kappa shape index (κ2) is 18.9. The van der Waals surface area contributed by atoms with Crippen LogP contribution in [-0.2, 0) is 57.1 Å². The summed E-state index contributed by atoms with van der Waals surface area (Å²) in [6, 6.07) is -5.65. The highest BCUT2D eigenvalue weighted by atomic mass is 16.8. The fourth-order valence-corrected chi connectivity index (χ4v) is 7.16. The molecule has 4 amide bonds. The average molecular weight is 813 g/mol. The lowest BCUT2D eigenvalue weighted by molar-refractivity contribution is -0.332. The molecule has 56 heavy (non-hydrogen) atoms. The van der Waals surface area contributed by atoms with Crippen LogP contribution in [0, 0.1) is 0 Å². The highest BCUT2D eigenvalue weighted by molar-refractivity contribution is 5.74. The Hall–Kier alpha value is -2.76. The van der Waals surface area contributed by atoms with Gasteiger partial charge in [-0.2, -0.15) is 0 Å². The van der Waals surface area contributed by atoms with Crippen LogP contribution in [0.1, 0.15) is 27.7 Å². The van der Waals surface area contributed by atoms with Crippen LogP contribution in [0.2, 0.25) is 0 Å². The van der Waals surface area contributed by atoms with Gasteiger partial charge in [-0.05, 0) is 0 Å². The van der Waals surface area contributed by atoms with Gasteiger partial charge in [-0.25, -0.2) is 0 Å². The number of hydrogen-bond donors (Lipinski definition) is 12. The van der Waals surface area contributed by atoms with Crippen LogP contribution in [0.3, 0.4) is 0 Å². The van der Waals surface area contributed by atoms with E-state index in [1.165, 1.54) is 0 Å². The monoisotopic (exact) mass is 812 g/mol. The Morgan fingerprint density at radius 2 is 0.536 bits per heavy atom. The summed E-state index contributed by atoms with van der Waals surface area (Å²) < 4.78 is 47.1. The number of nitrogens with one attached hydrogen (secondary N) is 4. The van der Waals surface area contributed by atoms with E-state index in [1.807, 2.05) is 0 Å². The van der Waals surface area contributed by atoms with Crippen LogP contribution in [0.5, 0.6) is 0 Å². The average Bonchev–Trinajstić information content (AvgIpc) is 3.12. The number of aliphatic hydroxyl groups excluding tert-OH is 8. The fourth-order valence-electron chi connectivity index (χ4n) is 7.16. The van der Waals surface area contributed by atoms with Crippen molar-refractivity contribution in [1.82, 2.24) is 21.3 Å². The number of fused-ring (bicyclic) bond motifs is 8. The van der Waals surface area contributed by atoms with Crippen LogP contribution >= 0.6 is 0 Å². The van der Waals surface area contributed by atoms with E-state index >= 15 is 0 Å². The summed E-state index contributed by atoms with van der Waals surface area (Å²) in [5.74, 6) is -2.60. The topological polar surface area (TPSA) is 352 Å². The van der Waals surface area contributed by atoms with Crippen molar-refractivity contribution in [2.45, 2.75) is 150 Å². The van der Waals surface area contributed by atoms with Gasteiger partial charge in [0.05, 0.1) is 26.4 Å². The highest BCUT2D eigenvalue weighted by Crippen LogP contribution is 2.31. The molecule has 0 saturated carbocycles.